The summed E-state index contributed by atoms with van der Waals surface area (Å²) in [7, 11) is -3.70. The molecule has 0 amide bonds. The van der Waals surface area contributed by atoms with Gasteiger partial charge in [0.25, 0.3) is 0 Å². The largest absolute Gasteiger partial charge is 0.357 e. The second kappa shape index (κ2) is 9.43. The van der Waals surface area contributed by atoms with E-state index in [9.17, 15) is 17.2 Å². The van der Waals surface area contributed by atoms with E-state index in [1.54, 1.807) is 12.1 Å². The average molecular weight is 396 g/mol. The Hall–Kier alpha value is -2.52. The highest BCUT2D eigenvalue weighted by molar-refractivity contribution is 7.89. The predicted octanol–water partition coefficient (Wildman–Crippen LogP) is 1.91. The topological polar surface area (TPSA) is 96.6 Å². The number of nitrogens with two attached hydrogens (primary N) is 1. The van der Waals surface area contributed by atoms with Crippen LogP contribution in [0.3, 0.4) is 0 Å². The lowest BCUT2D eigenvalue weighted by atomic mass is 10.1. The highest BCUT2D eigenvalue weighted by atomic mass is 32.2. The van der Waals surface area contributed by atoms with E-state index in [1.165, 1.54) is 12.1 Å². The lowest BCUT2D eigenvalue weighted by Crippen LogP contribution is -2.38. The minimum Gasteiger partial charge on any atom is -0.357 e. The number of benzene rings is 2. The molecule has 0 saturated carbocycles. The molecule has 0 spiro atoms. The first kappa shape index (κ1) is 20.8. The number of rotatable bonds is 7. The molecular weight excluding hydrogens is 374 g/mol. The molecule has 2 rings (SSSR count). The van der Waals surface area contributed by atoms with E-state index < -0.39 is 21.7 Å². The van der Waals surface area contributed by atoms with Crippen molar-refractivity contribution in [2.45, 2.75) is 24.8 Å². The molecule has 4 N–H and O–H groups in total. The lowest BCUT2D eigenvalue weighted by molar-refractivity contribution is 0.585. The minimum absolute atomic E-state index is 0.00197. The summed E-state index contributed by atoms with van der Waals surface area (Å²) in [6.07, 6.45) is 0.615. The third-order valence-corrected chi connectivity index (χ3v) is 4.65. The summed E-state index contributed by atoms with van der Waals surface area (Å²) in [5, 5.41) is 11.2. The Bertz CT molecular complexity index is 900. The molecule has 0 aliphatic heterocycles. The normalized spacial score (nSPS) is 12.1. The molecule has 146 valence electrons. The highest BCUT2D eigenvalue weighted by Crippen LogP contribution is 2.11. The van der Waals surface area contributed by atoms with Gasteiger partial charge in [-0.25, -0.2) is 27.3 Å². The molecule has 6 nitrogen and oxygen atoms in total. The van der Waals surface area contributed by atoms with E-state index in [1.807, 2.05) is 6.92 Å². The van der Waals surface area contributed by atoms with Gasteiger partial charge in [-0.3, -0.25) is 0 Å². The fourth-order valence-corrected chi connectivity index (χ4v) is 2.86. The molecule has 0 aliphatic carbocycles. The maximum Gasteiger partial charge on any atom is 0.238 e. The first-order valence-electron chi connectivity index (χ1n) is 8.37. The van der Waals surface area contributed by atoms with E-state index >= 15 is 0 Å². The van der Waals surface area contributed by atoms with Gasteiger partial charge in [-0.2, -0.15) is 0 Å². The van der Waals surface area contributed by atoms with Gasteiger partial charge in [-0.1, -0.05) is 12.1 Å². The number of nitrogens with one attached hydrogen (secondary N) is 2. The maximum absolute atomic E-state index is 13.7. The first-order chi connectivity index (χ1) is 12.8. The van der Waals surface area contributed by atoms with Gasteiger partial charge in [0.2, 0.25) is 10.0 Å². The number of hydrogen-bond donors (Lipinski definition) is 3. The van der Waals surface area contributed by atoms with E-state index in [-0.39, 0.29) is 17.0 Å². The van der Waals surface area contributed by atoms with Gasteiger partial charge < -0.3 is 10.6 Å². The van der Waals surface area contributed by atoms with Crippen LogP contribution in [0.15, 0.2) is 52.4 Å². The van der Waals surface area contributed by atoms with Crippen LogP contribution in [0.5, 0.6) is 0 Å². The Morgan fingerprint density at radius 1 is 1.11 bits per heavy atom. The SMILES string of the molecule is CCNC(=NCc1cc(F)ccc1F)NCCc1ccc(S(N)(=O)=O)cc1. The molecule has 0 bridgehead atoms. The van der Waals surface area contributed by atoms with Gasteiger partial charge in [0.15, 0.2) is 5.96 Å². The third kappa shape index (κ3) is 6.61. The van der Waals surface area contributed by atoms with Gasteiger partial charge in [-0.05, 0) is 49.2 Å². The quantitative estimate of drug-likeness (QED) is 0.492. The molecule has 2 aromatic carbocycles. The van der Waals surface area contributed by atoms with Crippen LogP contribution in [0.4, 0.5) is 8.78 Å². The van der Waals surface area contributed by atoms with E-state index in [0.29, 0.717) is 25.5 Å². The van der Waals surface area contributed by atoms with Crippen molar-refractivity contribution in [2.24, 2.45) is 10.1 Å². The molecule has 0 aliphatic rings. The van der Waals surface area contributed by atoms with Crippen LogP contribution in [0, 0.1) is 11.6 Å². The number of sulfonamides is 1. The van der Waals surface area contributed by atoms with Crippen LogP contribution < -0.4 is 15.8 Å². The Kier molecular flexibility index (Phi) is 7.26. The Morgan fingerprint density at radius 3 is 2.44 bits per heavy atom. The van der Waals surface area contributed by atoms with Crippen molar-refractivity contribution in [1.29, 1.82) is 0 Å². The monoisotopic (exact) mass is 396 g/mol. The summed E-state index contributed by atoms with van der Waals surface area (Å²) >= 11 is 0. The second-order valence-corrected chi connectivity index (χ2v) is 7.36. The van der Waals surface area contributed by atoms with Crippen LogP contribution in [0.25, 0.3) is 0 Å². The van der Waals surface area contributed by atoms with Crippen LogP contribution in [-0.4, -0.2) is 27.5 Å². The van der Waals surface area contributed by atoms with Crippen LogP contribution in [0.2, 0.25) is 0 Å². The van der Waals surface area contributed by atoms with Crippen LogP contribution in [-0.2, 0) is 23.0 Å². The van der Waals surface area contributed by atoms with Gasteiger partial charge in [0.05, 0.1) is 11.4 Å². The standard InChI is InChI=1S/C18H22F2N4O2S/c1-2-22-18(24-12-14-11-15(19)5-8-17(14)20)23-10-9-13-3-6-16(7-4-13)27(21,25)26/h3-8,11H,2,9-10,12H2,1H3,(H2,21,25,26)(H2,22,23,24). The molecule has 9 heteroatoms. The third-order valence-electron chi connectivity index (χ3n) is 3.72. The zero-order chi connectivity index (χ0) is 19.9. The number of hydrogen-bond acceptors (Lipinski definition) is 3. The molecule has 0 aromatic heterocycles. The molecule has 0 atom stereocenters. The number of primary sulfonamides is 1. The average Bonchev–Trinajstić information content (AvgIpc) is 2.62. The number of halogens is 2. The summed E-state index contributed by atoms with van der Waals surface area (Å²) in [6.45, 7) is 3.03. The van der Waals surface area contributed by atoms with Gasteiger partial charge >= 0.3 is 0 Å². The molecule has 0 fully saturated rings. The predicted molar refractivity (Wildman–Crippen MR) is 101 cm³/mol. The number of nitrogens with zero attached hydrogens (tertiary/aromatic N) is 1. The first-order valence-corrected chi connectivity index (χ1v) is 9.92. The molecule has 0 heterocycles. The lowest BCUT2D eigenvalue weighted by Gasteiger charge is -2.11. The Morgan fingerprint density at radius 2 is 1.81 bits per heavy atom. The van der Waals surface area contributed by atoms with Crippen molar-refractivity contribution in [3.8, 4) is 0 Å². The van der Waals surface area contributed by atoms with Crippen molar-refractivity contribution in [1.82, 2.24) is 10.6 Å². The second-order valence-electron chi connectivity index (χ2n) is 5.80. The molecule has 0 radical (unpaired) electrons. The molecule has 0 saturated heterocycles. The van der Waals surface area contributed by atoms with E-state index in [4.69, 9.17) is 5.14 Å². The number of aliphatic imine (C=N–C) groups is 1. The Balaban J connectivity index is 1.95. The Labute approximate surface area is 157 Å². The van der Waals surface area contributed by atoms with Gasteiger partial charge in [0.1, 0.15) is 11.6 Å². The van der Waals surface area contributed by atoms with Crippen LogP contribution >= 0.6 is 0 Å². The van der Waals surface area contributed by atoms with Crippen molar-refractivity contribution in [2.75, 3.05) is 13.1 Å². The smallest absolute Gasteiger partial charge is 0.238 e. The fraction of sp³-hybridized carbons (Fsp3) is 0.278. The van der Waals surface area contributed by atoms with Crippen molar-refractivity contribution in [3.63, 3.8) is 0 Å². The molecule has 27 heavy (non-hydrogen) atoms. The maximum atomic E-state index is 13.7. The van der Waals surface area contributed by atoms with E-state index in [0.717, 1.165) is 23.8 Å². The summed E-state index contributed by atoms with van der Waals surface area (Å²) in [5.74, 6) is -0.546. The zero-order valence-electron chi connectivity index (χ0n) is 14.9. The van der Waals surface area contributed by atoms with Gasteiger partial charge in [0, 0.05) is 18.7 Å². The molecule has 2 aromatic rings. The van der Waals surface area contributed by atoms with Crippen molar-refractivity contribution in [3.05, 3.63) is 65.2 Å². The highest BCUT2D eigenvalue weighted by Gasteiger charge is 2.07. The van der Waals surface area contributed by atoms with Crippen molar-refractivity contribution < 1.29 is 17.2 Å². The van der Waals surface area contributed by atoms with E-state index in [2.05, 4.69) is 15.6 Å². The number of guanidine groups is 1. The molecular formula is C18H22F2N4O2S. The summed E-state index contributed by atoms with van der Waals surface area (Å²) in [5.41, 5.74) is 1.09. The summed E-state index contributed by atoms with van der Waals surface area (Å²) < 4.78 is 49.4. The fourth-order valence-electron chi connectivity index (χ4n) is 2.34. The summed E-state index contributed by atoms with van der Waals surface area (Å²) in [6, 6.07) is 9.54. The van der Waals surface area contributed by atoms with Crippen LogP contribution in [0.1, 0.15) is 18.1 Å². The molecule has 0 unspecified atom stereocenters. The zero-order valence-corrected chi connectivity index (χ0v) is 15.7. The minimum atomic E-state index is -3.70. The van der Waals surface area contributed by atoms with Crippen molar-refractivity contribution >= 4 is 16.0 Å². The van der Waals surface area contributed by atoms with Gasteiger partial charge in [-0.15, -0.1) is 0 Å². The summed E-state index contributed by atoms with van der Waals surface area (Å²) in [4.78, 5) is 4.32.